The van der Waals surface area contributed by atoms with Crippen molar-refractivity contribution in [3.63, 3.8) is 0 Å². The Kier molecular flexibility index (Phi) is 12.7. The van der Waals surface area contributed by atoms with Gasteiger partial charge in [0.25, 0.3) is 0 Å². The second kappa shape index (κ2) is 16.5. The number of nitrogens with zero attached hydrogens (tertiary/aromatic N) is 5. The number of benzene rings is 1. The summed E-state index contributed by atoms with van der Waals surface area (Å²) in [6, 6.07) is 4.50. The van der Waals surface area contributed by atoms with Crippen LogP contribution in [0, 0.1) is 5.92 Å². The SMILES string of the molecule is CCC(=O)CCCCC[C@H]1C(=O)N(C)[C@@H](Cc2cn(OC)c3ccccc23)C(=O)N(C)[C@@H]([C@@H](C)CC)C(=O)N2CCCC[C@@H]2C(=O)N1C. The third-order valence-corrected chi connectivity index (χ3v) is 10.7. The minimum atomic E-state index is -0.942. The molecule has 11 heteroatoms. The van der Waals surface area contributed by atoms with Crippen LogP contribution >= 0.6 is 0 Å². The predicted molar refractivity (Wildman–Crippen MR) is 185 cm³/mol. The van der Waals surface area contributed by atoms with Crippen molar-refractivity contribution in [2.24, 2.45) is 5.92 Å². The molecule has 0 bridgehead atoms. The average molecular weight is 666 g/mol. The molecule has 5 atom stereocenters. The molecule has 2 aromatic rings. The van der Waals surface area contributed by atoms with E-state index in [4.69, 9.17) is 4.84 Å². The van der Waals surface area contributed by atoms with Crippen molar-refractivity contribution in [1.82, 2.24) is 24.3 Å². The number of para-hydroxylation sites is 1. The van der Waals surface area contributed by atoms with Crippen LogP contribution in [0.3, 0.4) is 0 Å². The van der Waals surface area contributed by atoms with E-state index in [0.717, 1.165) is 42.1 Å². The molecule has 1 aromatic carbocycles. The number of amides is 4. The zero-order chi connectivity index (χ0) is 35.1. The van der Waals surface area contributed by atoms with Crippen molar-refractivity contribution in [2.75, 3.05) is 34.8 Å². The Morgan fingerprint density at radius 1 is 0.875 bits per heavy atom. The summed E-state index contributed by atoms with van der Waals surface area (Å²) in [4.78, 5) is 81.8. The summed E-state index contributed by atoms with van der Waals surface area (Å²) in [5, 5.41) is 0.901. The van der Waals surface area contributed by atoms with Gasteiger partial charge in [0.2, 0.25) is 23.6 Å². The Balaban J connectivity index is 1.79. The van der Waals surface area contributed by atoms with Gasteiger partial charge in [0, 0.05) is 58.5 Å². The number of aromatic nitrogens is 1. The van der Waals surface area contributed by atoms with E-state index in [1.165, 1.54) is 14.7 Å². The van der Waals surface area contributed by atoms with Gasteiger partial charge in [0.15, 0.2) is 0 Å². The van der Waals surface area contributed by atoms with Crippen LogP contribution in [0.1, 0.15) is 90.5 Å². The molecule has 0 spiro atoms. The number of hydrogen-bond acceptors (Lipinski definition) is 6. The lowest BCUT2D eigenvalue weighted by Crippen LogP contribution is -2.64. The van der Waals surface area contributed by atoms with Crippen LogP contribution in [0.2, 0.25) is 0 Å². The van der Waals surface area contributed by atoms with Crippen molar-refractivity contribution in [2.45, 2.75) is 116 Å². The molecule has 2 aliphatic heterocycles. The zero-order valence-corrected chi connectivity index (χ0v) is 29.9. The zero-order valence-electron chi connectivity index (χ0n) is 29.9. The second-order valence-electron chi connectivity index (χ2n) is 13.6. The molecule has 264 valence electrons. The van der Waals surface area contributed by atoms with E-state index in [-0.39, 0.29) is 41.8 Å². The summed E-state index contributed by atoms with van der Waals surface area (Å²) in [6.07, 6.45) is 8.29. The summed E-state index contributed by atoms with van der Waals surface area (Å²) in [6.45, 7) is 6.25. The van der Waals surface area contributed by atoms with E-state index < -0.39 is 24.2 Å². The monoisotopic (exact) mass is 665 g/mol. The third-order valence-electron chi connectivity index (χ3n) is 10.7. The van der Waals surface area contributed by atoms with Gasteiger partial charge in [-0.3, -0.25) is 24.0 Å². The molecule has 3 heterocycles. The quantitative estimate of drug-likeness (QED) is 0.316. The summed E-state index contributed by atoms with van der Waals surface area (Å²) in [5.74, 6) is -1.05. The summed E-state index contributed by atoms with van der Waals surface area (Å²) in [7, 11) is 6.53. The molecule has 1 aromatic heterocycles. The lowest BCUT2D eigenvalue weighted by molar-refractivity contribution is -0.161. The Hall–Kier alpha value is -3.89. The highest BCUT2D eigenvalue weighted by atomic mass is 16.6. The molecule has 0 saturated carbocycles. The van der Waals surface area contributed by atoms with Crippen LogP contribution in [-0.2, 0) is 30.4 Å². The lowest BCUT2D eigenvalue weighted by atomic mass is 9.91. The van der Waals surface area contributed by atoms with Crippen molar-refractivity contribution < 1.29 is 28.8 Å². The van der Waals surface area contributed by atoms with E-state index in [2.05, 4.69) is 0 Å². The summed E-state index contributed by atoms with van der Waals surface area (Å²) < 4.78 is 1.65. The van der Waals surface area contributed by atoms with Gasteiger partial charge < -0.3 is 24.4 Å². The van der Waals surface area contributed by atoms with Gasteiger partial charge in [-0.1, -0.05) is 58.2 Å². The Morgan fingerprint density at radius 3 is 2.25 bits per heavy atom. The molecule has 48 heavy (non-hydrogen) atoms. The number of hydrogen-bond donors (Lipinski definition) is 0. The number of unbranched alkanes of at least 4 members (excludes halogenated alkanes) is 2. The van der Waals surface area contributed by atoms with Gasteiger partial charge in [-0.15, -0.1) is 0 Å². The summed E-state index contributed by atoms with van der Waals surface area (Å²) in [5.41, 5.74) is 1.67. The highest BCUT2D eigenvalue weighted by molar-refractivity contribution is 5.98. The molecule has 4 rings (SSSR count). The number of likely N-dealkylation sites (N-methyl/N-ethyl adjacent to an activating group) is 3. The molecule has 0 unspecified atom stereocenters. The topological polar surface area (TPSA) is 112 Å². The van der Waals surface area contributed by atoms with Crippen LogP contribution in [0.4, 0.5) is 0 Å². The van der Waals surface area contributed by atoms with Gasteiger partial charge in [-0.05, 0) is 49.7 Å². The molecule has 0 aliphatic carbocycles. The lowest BCUT2D eigenvalue weighted by Gasteiger charge is -2.45. The summed E-state index contributed by atoms with van der Waals surface area (Å²) >= 11 is 0. The van der Waals surface area contributed by atoms with Crippen LogP contribution in [0.25, 0.3) is 10.9 Å². The first-order valence-corrected chi connectivity index (χ1v) is 17.7. The predicted octanol–water partition coefficient (Wildman–Crippen LogP) is 4.09. The van der Waals surface area contributed by atoms with Crippen molar-refractivity contribution in [1.29, 1.82) is 0 Å². The van der Waals surface area contributed by atoms with Crippen LogP contribution in [-0.4, -0.2) is 113 Å². The Morgan fingerprint density at radius 2 is 1.56 bits per heavy atom. The first kappa shape index (κ1) is 36.9. The molecule has 2 aliphatic rings. The fourth-order valence-electron chi connectivity index (χ4n) is 7.41. The maximum absolute atomic E-state index is 14.7. The van der Waals surface area contributed by atoms with E-state index in [9.17, 15) is 24.0 Å². The number of fused-ring (bicyclic) bond motifs is 2. The average Bonchev–Trinajstić information content (AvgIpc) is 3.47. The van der Waals surface area contributed by atoms with Crippen molar-refractivity contribution in [3.8, 4) is 0 Å². The van der Waals surface area contributed by atoms with E-state index in [0.29, 0.717) is 45.1 Å². The number of ketones is 1. The van der Waals surface area contributed by atoms with Gasteiger partial charge in [0.05, 0.1) is 5.52 Å². The number of carbonyl (C=O) groups is 5. The number of rotatable bonds is 12. The molecule has 2 saturated heterocycles. The minimum Gasteiger partial charge on any atom is -0.417 e. The molecule has 11 nitrogen and oxygen atoms in total. The first-order valence-electron chi connectivity index (χ1n) is 17.7. The van der Waals surface area contributed by atoms with Gasteiger partial charge in [0.1, 0.15) is 37.1 Å². The molecule has 4 amide bonds. The molecular weight excluding hydrogens is 610 g/mol. The fraction of sp³-hybridized carbons (Fsp3) is 0.649. The highest BCUT2D eigenvalue weighted by Crippen LogP contribution is 2.29. The molecular formula is C37H55N5O6. The number of piperidine rings is 1. The molecule has 0 radical (unpaired) electrons. The highest BCUT2D eigenvalue weighted by Gasteiger charge is 2.46. The van der Waals surface area contributed by atoms with E-state index >= 15 is 0 Å². The largest absolute Gasteiger partial charge is 0.417 e. The van der Waals surface area contributed by atoms with Crippen molar-refractivity contribution in [3.05, 3.63) is 36.0 Å². The van der Waals surface area contributed by atoms with Crippen LogP contribution < -0.4 is 4.84 Å². The van der Waals surface area contributed by atoms with Gasteiger partial charge in [-0.2, -0.15) is 4.73 Å². The maximum Gasteiger partial charge on any atom is 0.246 e. The smallest absolute Gasteiger partial charge is 0.246 e. The second-order valence-corrected chi connectivity index (χ2v) is 13.6. The maximum atomic E-state index is 14.7. The molecule has 0 N–H and O–H groups in total. The van der Waals surface area contributed by atoms with Crippen LogP contribution in [0.15, 0.2) is 30.5 Å². The van der Waals surface area contributed by atoms with E-state index in [1.807, 2.05) is 51.2 Å². The molecule has 2 fully saturated rings. The minimum absolute atomic E-state index is 0.172. The van der Waals surface area contributed by atoms with E-state index in [1.54, 1.807) is 37.9 Å². The Labute approximate surface area is 285 Å². The standard InChI is InChI=1S/C37H55N5O6/c1-8-25(3)33-37(47)41-22-16-15-21-31(41)35(45)38(4)30(20-12-10-11-17-27(43)9-2)34(44)39(5)32(36(46)40(33)6)23-26-24-42(48-7)29-19-14-13-18-28(26)29/h13-14,18-19,24-25,30-33H,8-12,15-17,20-23H2,1-7H3/t25-,30-,31+,32-,33-/m0/s1. The van der Waals surface area contributed by atoms with Gasteiger partial charge >= 0.3 is 0 Å². The first-order chi connectivity index (χ1) is 23.0. The normalized spacial score (nSPS) is 23.6. The number of carbonyl (C=O) groups excluding carboxylic acids is 5. The van der Waals surface area contributed by atoms with Crippen LogP contribution in [0.5, 0.6) is 0 Å². The number of Topliss-reactive ketones (excluding diaryl/α,β-unsaturated/α-hetero) is 1. The Bertz CT molecular complexity index is 1470. The van der Waals surface area contributed by atoms with Gasteiger partial charge in [-0.25, -0.2) is 0 Å². The fourth-order valence-corrected chi connectivity index (χ4v) is 7.41. The van der Waals surface area contributed by atoms with Crippen molar-refractivity contribution >= 4 is 40.3 Å². The third kappa shape index (κ3) is 7.70.